The van der Waals surface area contributed by atoms with E-state index in [4.69, 9.17) is 4.98 Å². The molecule has 5 atom stereocenters. The molecular formula is C26H29N3O2. The molecule has 2 aromatic carbocycles. The number of carboxylic acids is 1. The molecule has 1 N–H and O–H groups in total. The topological polar surface area (TPSA) is 58.4 Å². The summed E-state index contributed by atoms with van der Waals surface area (Å²) in [5, 5.41) is 10.1. The molecule has 160 valence electrons. The maximum atomic E-state index is 12.3. The zero-order valence-corrected chi connectivity index (χ0v) is 17.9. The maximum Gasteiger partial charge on any atom is 0.314 e. The van der Waals surface area contributed by atoms with Crippen LogP contribution in [0, 0.1) is 12.8 Å². The van der Waals surface area contributed by atoms with Gasteiger partial charge in [0.25, 0.3) is 0 Å². The Kier molecular flexibility index (Phi) is 4.26. The summed E-state index contributed by atoms with van der Waals surface area (Å²) in [6.45, 7) is 3.03. The molecule has 3 fully saturated rings. The van der Waals surface area contributed by atoms with Crippen molar-refractivity contribution < 1.29 is 9.90 Å². The number of aromatic nitrogens is 2. The van der Waals surface area contributed by atoms with E-state index < -0.39 is 11.4 Å². The Morgan fingerprint density at radius 3 is 2.42 bits per heavy atom. The van der Waals surface area contributed by atoms with Crippen molar-refractivity contribution in [1.29, 1.82) is 0 Å². The Hall–Kier alpha value is -2.66. The van der Waals surface area contributed by atoms with Gasteiger partial charge in [-0.25, -0.2) is 4.98 Å². The highest BCUT2D eigenvalue weighted by Gasteiger charge is 2.62. The number of hydrogen-bond donors (Lipinski definition) is 1. The lowest BCUT2D eigenvalue weighted by atomic mass is 9.91. The van der Waals surface area contributed by atoms with Crippen LogP contribution in [0.15, 0.2) is 54.6 Å². The van der Waals surface area contributed by atoms with E-state index in [1.165, 1.54) is 18.4 Å². The lowest BCUT2D eigenvalue weighted by Gasteiger charge is -2.40. The van der Waals surface area contributed by atoms with Crippen molar-refractivity contribution in [3.63, 3.8) is 0 Å². The van der Waals surface area contributed by atoms with Crippen molar-refractivity contribution in [3.8, 4) is 0 Å². The quantitative estimate of drug-likeness (QED) is 0.664. The number of benzene rings is 2. The van der Waals surface area contributed by atoms with Gasteiger partial charge in [0.05, 0.1) is 16.4 Å². The maximum absolute atomic E-state index is 12.3. The Balaban J connectivity index is 1.22. The fourth-order valence-corrected chi connectivity index (χ4v) is 6.66. The molecule has 1 saturated carbocycles. The lowest BCUT2D eigenvalue weighted by Crippen LogP contribution is -2.45. The fourth-order valence-electron chi connectivity index (χ4n) is 6.66. The number of para-hydroxylation sites is 2. The number of nitrogens with zero attached hydrogens (tertiary/aromatic N) is 3. The van der Waals surface area contributed by atoms with Gasteiger partial charge in [0.2, 0.25) is 0 Å². The molecule has 0 unspecified atom stereocenters. The first kappa shape index (κ1) is 19.1. The molecular weight excluding hydrogens is 386 g/mol. The summed E-state index contributed by atoms with van der Waals surface area (Å²) in [7, 11) is 0. The summed E-state index contributed by atoms with van der Waals surface area (Å²) in [5.41, 5.74) is 2.61. The van der Waals surface area contributed by atoms with Crippen LogP contribution in [0.3, 0.4) is 0 Å². The predicted molar refractivity (Wildman–Crippen MR) is 120 cm³/mol. The molecule has 5 heteroatoms. The van der Waals surface area contributed by atoms with Gasteiger partial charge in [-0.1, -0.05) is 42.5 Å². The molecule has 3 heterocycles. The standard InChI is InChI=1S/C26H29N3O2/c1-17-27-23-9-5-6-10-24(23)29(17)22-13-20-11-12-21(14-22)28(20)16-19-15-26(19,25(30)31)18-7-3-2-4-8-18/h2-10,19-22H,11-16H2,1H3,(H,30,31)/t19-,20-,21+,22+,26+/m0/s1. The van der Waals surface area contributed by atoms with Crippen molar-refractivity contribution in [2.24, 2.45) is 5.92 Å². The van der Waals surface area contributed by atoms with Crippen molar-refractivity contribution in [3.05, 3.63) is 66.0 Å². The van der Waals surface area contributed by atoms with Gasteiger partial charge < -0.3 is 9.67 Å². The monoisotopic (exact) mass is 415 g/mol. The first-order valence-corrected chi connectivity index (χ1v) is 11.6. The second-order valence-corrected chi connectivity index (χ2v) is 9.77. The minimum absolute atomic E-state index is 0.211. The molecule has 31 heavy (non-hydrogen) atoms. The fraction of sp³-hybridized carbons (Fsp3) is 0.462. The summed E-state index contributed by atoms with van der Waals surface area (Å²) >= 11 is 0. The summed E-state index contributed by atoms with van der Waals surface area (Å²) < 4.78 is 2.46. The van der Waals surface area contributed by atoms with Gasteiger partial charge in [0.1, 0.15) is 5.82 Å². The number of hydrogen-bond acceptors (Lipinski definition) is 3. The van der Waals surface area contributed by atoms with Gasteiger partial charge in [0.15, 0.2) is 0 Å². The Morgan fingerprint density at radius 2 is 1.71 bits per heavy atom. The van der Waals surface area contributed by atoms with Crippen LogP contribution < -0.4 is 0 Å². The van der Waals surface area contributed by atoms with Crippen LogP contribution in [-0.4, -0.2) is 44.2 Å². The summed E-state index contributed by atoms with van der Waals surface area (Å²) in [6.07, 6.45) is 5.48. The van der Waals surface area contributed by atoms with E-state index in [0.29, 0.717) is 18.1 Å². The third kappa shape index (κ3) is 2.86. The lowest BCUT2D eigenvalue weighted by molar-refractivity contribution is -0.140. The first-order valence-electron chi connectivity index (χ1n) is 11.6. The van der Waals surface area contributed by atoms with E-state index in [1.807, 2.05) is 30.3 Å². The molecule has 0 amide bonds. The van der Waals surface area contributed by atoms with Gasteiger partial charge in [-0.05, 0) is 62.6 Å². The van der Waals surface area contributed by atoms with E-state index in [2.05, 4.69) is 40.7 Å². The largest absolute Gasteiger partial charge is 0.481 e. The molecule has 0 spiro atoms. The average Bonchev–Trinajstić information content (AvgIpc) is 3.34. The molecule has 2 bridgehead atoms. The van der Waals surface area contributed by atoms with E-state index in [0.717, 1.165) is 42.7 Å². The Morgan fingerprint density at radius 1 is 1.03 bits per heavy atom. The van der Waals surface area contributed by atoms with E-state index in [1.54, 1.807) is 0 Å². The number of piperidine rings is 1. The highest BCUT2D eigenvalue weighted by Crippen LogP contribution is 2.56. The van der Waals surface area contributed by atoms with E-state index in [9.17, 15) is 9.90 Å². The highest BCUT2D eigenvalue weighted by atomic mass is 16.4. The molecule has 1 aromatic heterocycles. The van der Waals surface area contributed by atoms with Crippen LogP contribution in [0.5, 0.6) is 0 Å². The zero-order valence-electron chi connectivity index (χ0n) is 17.9. The molecule has 0 radical (unpaired) electrons. The Labute approximate surface area is 182 Å². The third-order valence-corrected chi connectivity index (χ3v) is 8.20. The second kappa shape index (κ2) is 6.92. The highest BCUT2D eigenvalue weighted by molar-refractivity contribution is 5.86. The van der Waals surface area contributed by atoms with Crippen LogP contribution in [-0.2, 0) is 10.2 Å². The number of imidazole rings is 1. The number of carboxylic acid groups (broad SMARTS) is 1. The van der Waals surface area contributed by atoms with Gasteiger partial charge in [-0.15, -0.1) is 0 Å². The van der Waals surface area contributed by atoms with Crippen molar-refractivity contribution in [2.45, 2.75) is 62.6 Å². The van der Waals surface area contributed by atoms with Crippen molar-refractivity contribution in [1.82, 2.24) is 14.5 Å². The number of rotatable bonds is 5. The molecule has 3 aromatic rings. The molecule has 2 saturated heterocycles. The molecule has 6 rings (SSSR count). The van der Waals surface area contributed by atoms with Gasteiger partial charge in [-0.2, -0.15) is 0 Å². The number of fused-ring (bicyclic) bond motifs is 3. The number of carbonyl (C=O) groups is 1. The minimum Gasteiger partial charge on any atom is -0.481 e. The molecule has 1 aliphatic carbocycles. The van der Waals surface area contributed by atoms with E-state index in [-0.39, 0.29) is 5.92 Å². The van der Waals surface area contributed by atoms with Gasteiger partial charge in [0, 0.05) is 24.7 Å². The summed E-state index contributed by atoms with van der Waals surface area (Å²) in [4.78, 5) is 19.7. The average molecular weight is 416 g/mol. The minimum atomic E-state index is -0.686. The van der Waals surface area contributed by atoms with Crippen LogP contribution in [0.4, 0.5) is 0 Å². The van der Waals surface area contributed by atoms with E-state index >= 15 is 0 Å². The Bertz CT molecular complexity index is 1130. The SMILES string of the molecule is Cc1nc2ccccc2n1[C@H]1C[C@H]2CC[C@@H](C1)N2C[C@@H]1C[C@@]1(C(=O)O)c1ccccc1. The van der Waals surface area contributed by atoms with Crippen LogP contribution in [0.25, 0.3) is 11.0 Å². The molecule has 3 aliphatic rings. The summed E-state index contributed by atoms with van der Waals surface area (Å²) in [6, 6.07) is 19.9. The molecule has 5 nitrogen and oxygen atoms in total. The summed E-state index contributed by atoms with van der Waals surface area (Å²) in [5.74, 6) is 0.657. The third-order valence-electron chi connectivity index (χ3n) is 8.20. The predicted octanol–water partition coefficient (Wildman–Crippen LogP) is 4.56. The van der Waals surface area contributed by atoms with Crippen LogP contribution in [0.2, 0.25) is 0 Å². The zero-order chi connectivity index (χ0) is 21.2. The second-order valence-electron chi connectivity index (χ2n) is 9.77. The van der Waals surface area contributed by atoms with Crippen LogP contribution in [0.1, 0.15) is 49.5 Å². The van der Waals surface area contributed by atoms with Gasteiger partial charge in [-0.3, -0.25) is 9.69 Å². The number of aliphatic carboxylic acids is 1. The smallest absolute Gasteiger partial charge is 0.314 e. The van der Waals surface area contributed by atoms with Gasteiger partial charge >= 0.3 is 5.97 Å². The first-order chi connectivity index (χ1) is 15.1. The van der Waals surface area contributed by atoms with Crippen LogP contribution >= 0.6 is 0 Å². The molecule has 2 aliphatic heterocycles. The number of aryl methyl sites for hydroxylation is 1. The van der Waals surface area contributed by atoms with Crippen molar-refractivity contribution >= 4 is 17.0 Å². The van der Waals surface area contributed by atoms with Crippen molar-refractivity contribution in [2.75, 3.05) is 6.54 Å². The normalized spacial score (nSPS) is 32.4.